The summed E-state index contributed by atoms with van der Waals surface area (Å²) in [4.78, 5) is 23.1. The van der Waals surface area contributed by atoms with Crippen molar-refractivity contribution in [2.24, 2.45) is 0 Å². The van der Waals surface area contributed by atoms with Crippen molar-refractivity contribution in [3.05, 3.63) is 52.5 Å². The molecule has 0 amide bonds. The number of carboxylic acids is 2. The summed E-state index contributed by atoms with van der Waals surface area (Å²) in [6, 6.07) is 12.2. The molecule has 10 heteroatoms. The van der Waals surface area contributed by atoms with Gasteiger partial charge in [0.1, 0.15) is 0 Å². The Morgan fingerprint density at radius 1 is 0.788 bits per heavy atom. The van der Waals surface area contributed by atoms with Gasteiger partial charge in [-0.1, -0.05) is 23.7 Å². The SMILES string of the molecule is COc1cc(CN2CCN(Cc3ccc(Cl)cc3)CC2)cc(OC)c1OC.O=C(O)C(=O)O. The van der Waals surface area contributed by atoms with Gasteiger partial charge in [-0.25, -0.2) is 9.59 Å². The van der Waals surface area contributed by atoms with Gasteiger partial charge in [0, 0.05) is 44.3 Å². The Hall–Kier alpha value is -3.01. The summed E-state index contributed by atoms with van der Waals surface area (Å²) < 4.78 is 16.3. The van der Waals surface area contributed by atoms with Crippen molar-refractivity contribution in [2.75, 3.05) is 47.5 Å². The van der Waals surface area contributed by atoms with E-state index in [1.54, 1.807) is 21.3 Å². The van der Waals surface area contributed by atoms with Crippen molar-refractivity contribution < 1.29 is 34.0 Å². The standard InChI is InChI=1S/C21H27ClN2O3.C2H2O4/c1-25-19-12-17(13-20(26-2)21(19)27-3)15-24-10-8-23(9-11-24)14-16-4-6-18(22)7-5-16;3-1(4)2(5)6/h4-7,12-13H,8-11,14-15H2,1-3H3;(H,3,4)(H,5,6). The molecule has 2 aromatic carbocycles. The number of benzene rings is 2. The molecule has 1 heterocycles. The van der Waals surface area contributed by atoms with Crippen molar-refractivity contribution in [3.8, 4) is 17.2 Å². The lowest BCUT2D eigenvalue weighted by Gasteiger charge is -2.34. The Balaban J connectivity index is 0.000000569. The largest absolute Gasteiger partial charge is 0.493 e. The lowest BCUT2D eigenvalue weighted by Crippen LogP contribution is -2.45. The molecular weight excluding hydrogens is 452 g/mol. The second kappa shape index (κ2) is 12.9. The molecule has 0 atom stereocenters. The van der Waals surface area contributed by atoms with E-state index >= 15 is 0 Å². The van der Waals surface area contributed by atoms with E-state index in [0.717, 1.165) is 49.9 Å². The van der Waals surface area contributed by atoms with Gasteiger partial charge in [-0.05, 0) is 35.4 Å². The van der Waals surface area contributed by atoms with Gasteiger partial charge in [0.15, 0.2) is 11.5 Å². The highest BCUT2D eigenvalue weighted by molar-refractivity contribution is 6.30. The van der Waals surface area contributed by atoms with E-state index in [2.05, 4.69) is 21.9 Å². The van der Waals surface area contributed by atoms with Crippen molar-refractivity contribution in [3.63, 3.8) is 0 Å². The number of carboxylic acid groups (broad SMARTS) is 2. The Morgan fingerprint density at radius 3 is 1.58 bits per heavy atom. The zero-order valence-corrected chi connectivity index (χ0v) is 19.7. The monoisotopic (exact) mass is 480 g/mol. The van der Waals surface area contributed by atoms with Crippen LogP contribution in [0.4, 0.5) is 0 Å². The van der Waals surface area contributed by atoms with Gasteiger partial charge < -0.3 is 24.4 Å². The molecule has 33 heavy (non-hydrogen) atoms. The molecule has 2 aromatic rings. The van der Waals surface area contributed by atoms with Crippen LogP contribution in [0.5, 0.6) is 17.2 Å². The fraction of sp³-hybridized carbons (Fsp3) is 0.391. The van der Waals surface area contributed by atoms with Crippen LogP contribution in [0.1, 0.15) is 11.1 Å². The van der Waals surface area contributed by atoms with Crippen LogP contribution in [-0.4, -0.2) is 79.5 Å². The predicted molar refractivity (Wildman–Crippen MR) is 123 cm³/mol. The Morgan fingerprint density at radius 2 is 1.21 bits per heavy atom. The third-order valence-electron chi connectivity index (χ3n) is 5.10. The molecule has 0 unspecified atom stereocenters. The van der Waals surface area contributed by atoms with E-state index in [9.17, 15) is 0 Å². The molecule has 2 N–H and O–H groups in total. The molecule has 0 aliphatic carbocycles. The summed E-state index contributed by atoms with van der Waals surface area (Å²) in [5, 5.41) is 15.6. The van der Waals surface area contributed by atoms with Gasteiger partial charge in [-0.15, -0.1) is 0 Å². The first-order chi connectivity index (χ1) is 15.8. The number of hydrogen-bond donors (Lipinski definition) is 2. The fourth-order valence-corrected chi connectivity index (χ4v) is 3.56. The molecule has 1 fully saturated rings. The van der Waals surface area contributed by atoms with Crippen LogP contribution in [0.2, 0.25) is 5.02 Å². The molecule has 3 rings (SSSR count). The first-order valence-corrected chi connectivity index (χ1v) is 10.6. The molecule has 0 aromatic heterocycles. The summed E-state index contributed by atoms with van der Waals surface area (Å²) in [5.41, 5.74) is 2.47. The minimum atomic E-state index is -1.82. The number of piperazine rings is 1. The summed E-state index contributed by atoms with van der Waals surface area (Å²) in [6.45, 7) is 6.00. The molecule has 0 radical (unpaired) electrons. The number of aliphatic carboxylic acids is 2. The highest BCUT2D eigenvalue weighted by Gasteiger charge is 2.19. The van der Waals surface area contributed by atoms with E-state index in [1.165, 1.54) is 5.56 Å². The van der Waals surface area contributed by atoms with Gasteiger partial charge in [-0.2, -0.15) is 0 Å². The molecule has 1 aliphatic heterocycles. The molecule has 180 valence electrons. The molecule has 0 bridgehead atoms. The van der Waals surface area contributed by atoms with E-state index in [-0.39, 0.29) is 0 Å². The molecule has 0 spiro atoms. The summed E-state index contributed by atoms with van der Waals surface area (Å²) >= 11 is 5.97. The van der Waals surface area contributed by atoms with Crippen molar-refractivity contribution in [1.82, 2.24) is 9.80 Å². The van der Waals surface area contributed by atoms with Crippen LogP contribution < -0.4 is 14.2 Å². The van der Waals surface area contributed by atoms with E-state index in [4.69, 9.17) is 45.6 Å². The number of methoxy groups -OCH3 is 3. The van der Waals surface area contributed by atoms with Gasteiger partial charge >= 0.3 is 11.9 Å². The van der Waals surface area contributed by atoms with Gasteiger partial charge in [0.25, 0.3) is 0 Å². The number of hydrogen-bond acceptors (Lipinski definition) is 7. The van der Waals surface area contributed by atoms with Crippen molar-refractivity contribution in [2.45, 2.75) is 13.1 Å². The summed E-state index contributed by atoms with van der Waals surface area (Å²) in [7, 11) is 4.92. The van der Waals surface area contributed by atoms with Gasteiger partial charge in [-0.3, -0.25) is 9.80 Å². The number of carbonyl (C=O) groups is 2. The molecular formula is C23H29ClN2O7. The number of ether oxygens (including phenoxy) is 3. The molecule has 0 saturated carbocycles. The van der Waals surface area contributed by atoms with Crippen LogP contribution in [0.15, 0.2) is 36.4 Å². The minimum Gasteiger partial charge on any atom is -0.493 e. The molecule has 1 aliphatic rings. The van der Waals surface area contributed by atoms with Crippen LogP contribution in [0.3, 0.4) is 0 Å². The Labute approximate surface area is 198 Å². The minimum absolute atomic E-state index is 0.636. The average Bonchev–Trinajstić information content (AvgIpc) is 2.81. The van der Waals surface area contributed by atoms with Crippen LogP contribution in [0.25, 0.3) is 0 Å². The quantitative estimate of drug-likeness (QED) is 0.578. The lowest BCUT2D eigenvalue weighted by molar-refractivity contribution is -0.159. The highest BCUT2D eigenvalue weighted by Crippen LogP contribution is 2.38. The smallest absolute Gasteiger partial charge is 0.414 e. The Kier molecular flexibility index (Phi) is 10.2. The number of nitrogens with zero attached hydrogens (tertiary/aromatic N) is 2. The van der Waals surface area contributed by atoms with Crippen molar-refractivity contribution in [1.29, 1.82) is 0 Å². The first kappa shape index (κ1) is 26.2. The van der Waals surface area contributed by atoms with Crippen molar-refractivity contribution >= 4 is 23.5 Å². The first-order valence-electron chi connectivity index (χ1n) is 10.2. The third-order valence-corrected chi connectivity index (χ3v) is 5.35. The molecule has 1 saturated heterocycles. The zero-order valence-electron chi connectivity index (χ0n) is 18.9. The third kappa shape index (κ3) is 8.12. The zero-order chi connectivity index (χ0) is 24.4. The van der Waals surface area contributed by atoms with E-state index in [1.807, 2.05) is 24.3 Å². The molecule has 9 nitrogen and oxygen atoms in total. The van der Waals surface area contributed by atoms with E-state index < -0.39 is 11.9 Å². The highest BCUT2D eigenvalue weighted by atomic mass is 35.5. The van der Waals surface area contributed by atoms with Crippen LogP contribution in [0, 0.1) is 0 Å². The number of halogens is 1. The Bertz CT molecular complexity index is 892. The van der Waals surface area contributed by atoms with Gasteiger partial charge in [0.2, 0.25) is 5.75 Å². The average molecular weight is 481 g/mol. The second-order valence-electron chi connectivity index (χ2n) is 7.32. The van der Waals surface area contributed by atoms with Crippen LogP contribution >= 0.6 is 11.6 Å². The normalized spacial score (nSPS) is 14.1. The second-order valence-corrected chi connectivity index (χ2v) is 7.76. The van der Waals surface area contributed by atoms with Gasteiger partial charge in [0.05, 0.1) is 21.3 Å². The maximum absolute atomic E-state index is 9.10. The fourth-order valence-electron chi connectivity index (χ4n) is 3.44. The predicted octanol–water partition coefficient (Wildman–Crippen LogP) is 2.84. The maximum Gasteiger partial charge on any atom is 0.414 e. The lowest BCUT2D eigenvalue weighted by atomic mass is 10.1. The van der Waals surface area contributed by atoms with E-state index in [0.29, 0.717) is 17.2 Å². The topological polar surface area (TPSA) is 109 Å². The number of rotatable bonds is 7. The maximum atomic E-state index is 9.10. The summed E-state index contributed by atoms with van der Waals surface area (Å²) in [5.74, 6) is -1.61. The van der Waals surface area contributed by atoms with Crippen LogP contribution in [-0.2, 0) is 22.7 Å². The summed E-state index contributed by atoms with van der Waals surface area (Å²) in [6.07, 6.45) is 0.